The van der Waals surface area contributed by atoms with E-state index in [0.717, 1.165) is 35.3 Å². The third-order valence-corrected chi connectivity index (χ3v) is 8.13. The number of halogens is 3. The molecule has 0 saturated carbocycles. The summed E-state index contributed by atoms with van der Waals surface area (Å²) in [6.07, 6.45) is -2.82. The predicted octanol–water partition coefficient (Wildman–Crippen LogP) is 4.07. The minimum absolute atomic E-state index is 0.181. The van der Waals surface area contributed by atoms with E-state index in [4.69, 9.17) is 19.4 Å². The minimum Gasteiger partial charge on any atom is -0.497 e. The second kappa shape index (κ2) is 11.5. The third-order valence-electron chi connectivity index (χ3n) is 8.13. The van der Waals surface area contributed by atoms with Gasteiger partial charge in [0.2, 0.25) is 11.8 Å². The molecule has 1 N–H and O–H groups in total. The molecule has 12 heteroatoms. The van der Waals surface area contributed by atoms with Crippen LogP contribution in [-0.4, -0.2) is 77.7 Å². The summed E-state index contributed by atoms with van der Waals surface area (Å²) in [5, 5.41) is 7.12. The summed E-state index contributed by atoms with van der Waals surface area (Å²) in [7, 11) is 3.01. The number of aliphatic carboxylic acids is 1. The van der Waals surface area contributed by atoms with Crippen molar-refractivity contribution < 1.29 is 46.9 Å². The van der Waals surface area contributed by atoms with Gasteiger partial charge in [-0.2, -0.15) is 13.2 Å². The second-order valence-electron chi connectivity index (χ2n) is 10.1. The van der Waals surface area contributed by atoms with E-state index in [2.05, 4.69) is 4.90 Å². The highest BCUT2D eigenvalue weighted by Gasteiger charge is 2.72. The molecule has 3 heterocycles. The Balaban J connectivity index is 0.000000493. The van der Waals surface area contributed by atoms with E-state index in [-0.39, 0.29) is 17.9 Å². The van der Waals surface area contributed by atoms with Crippen molar-refractivity contribution >= 4 is 23.8 Å². The van der Waals surface area contributed by atoms with Gasteiger partial charge in [0, 0.05) is 12.6 Å². The molecule has 2 aromatic carbocycles. The van der Waals surface area contributed by atoms with Crippen LogP contribution in [0.1, 0.15) is 37.8 Å². The van der Waals surface area contributed by atoms with Gasteiger partial charge in [-0.25, -0.2) is 4.79 Å². The number of likely N-dealkylation sites (tertiary alicyclic amines) is 1. The fraction of sp³-hybridized carbons (Fsp3) is 0.448. The Hall–Kier alpha value is -3.93. The molecule has 41 heavy (non-hydrogen) atoms. The Kier molecular flexibility index (Phi) is 8.44. The van der Waals surface area contributed by atoms with E-state index >= 15 is 0 Å². The van der Waals surface area contributed by atoms with Gasteiger partial charge in [0.25, 0.3) is 0 Å². The molecule has 0 radical (unpaired) electrons. The van der Waals surface area contributed by atoms with Gasteiger partial charge in [0.15, 0.2) is 0 Å². The largest absolute Gasteiger partial charge is 0.497 e. The lowest BCUT2D eigenvalue weighted by Gasteiger charge is -2.44. The summed E-state index contributed by atoms with van der Waals surface area (Å²) in [4.78, 5) is 52.5. The molecule has 9 nitrogen and oxygen atoms in total. The number of piperidine rings is 1. The van der Waals surface area contributed by atoms with Crippen molar-refractivity contribution in [1.29, 1.82) is 0 Å². The van der Waals surface area contributed by atoms with Crippen molar-refractivity contribution in [2.75, 3.05) is 27.3 Å². The average Bonchev–Trinajstić information content (AvgIpc) is 3.42. The van der Waals surface area contributed by atoms with Gasteiger partial charge in [-0.15, -0.1) is 0 Å². The Bertz CT molecular complexity index is 1310. The van der Waals surface area contributed by atoms with E-state index in [1.807, 2.05) is 48.5 Å². The zero-order valence-corrected chi connectivity index (χ0v) is 22.8. The highest BCUT2D eigenvalue weighted by atomic mass is 19.4. The number of carboxylic acids is 1. The van der Waals surface area contributed by atoms with Crippen LogP contribution in [0.3, 0.4) is 0 Å². The second-order valence-corrected chi connectivity index (χ2v) is 10.1. The standard InChI is InChI=1S/C27H30N2O5.C2HF3O2/c1-4-28-24(30)21-22(25(28)31)27(26(32)34-3)15-5-6-16-29(27)23(21)19-9-7-17(8-10-19)18-11-13-20(33-2)14-12-18;3-2(4,5)1(6)7/h7-14,21-23H,4-6,15-16H2,1-3H3;(H,6,7)/t21-,22-,23-,27+;/m1./s1. The number of rotatable bonds is 5. The van der Waals surface area contributed by atoms with Gasteiger partial charge in [0.05, 0.1) is 26.1 Å². The molecule has 3 fully saturated rings. The molecule has 0 bridgehead atoms. The highest BCUT2D eigenvalue weighted by molar-refractivity contribution is 6.09. The number of benzene rings is 2. The molecule has 2 aromatic rings. The molecule has 0 aromatic heterocycles. The molecule has 3 saturated heterocycles. The SMILES string of the molecule is CCN1C(=O)[C@H]2[C@@H](c3ccc(-c4ccc(OC)cc4)cc3)N3CCCC[C@@]3(C(=O)OC)[C@H]2C1=O.O=C(O)C(F)(F)F. The number of carbonyl (C=O) groups excluding carboxylic acids is 3. The van der Waals surface area contributed by atoms with Crippen molar-refractivity contribution in [2.45, 2.75) is 43.9 Å². The Labute approximate surface area is 234 Å². The zero-order valence-electron chi connectivity index (χ0n) is 22.8. The number of hydrogen-bond donors (Lipinski definition) is 1. The predicted molar refractivity (Wildman–Crippen MR) is 140 cm³/mol. The van der Waals surface area contributed by atoms with Crippen LogP contribution in [0.15, 0.2) is 48.5 Å². The molecule has 0 spiro atoms. The van der Waals surface area contributed by atoms with Crippen molar-refractivity contribution in [2.24, 2.45) is 11.8 Å². The maximum absolute atomic E-state index is 13.5. The summed E-state index contributed by atoms with van der Waals surface area (Å²) in [6.45, 7) is 2.77. The Morgan fingerprint density at radius 2 is 1.54 bits per heavy atom. The van der Waals surface area contributed by atoms with E-state index in [1.165, 1.54) is 12.0 Å². The number of nitrogens with zero attached hydrogens (tertiary/aromatic N) is 2. The van der Waals surface area contributed by atoms with Crippen LogP contribution < -0.4 is 4.74 Å². The van der Waals surface area contributed by atoms with Crippen molar-refractivity contribution in [3.8, 4) is 16.9 Å². The number of hydrogen-bond acceptors (Lipinski definition) is 7. The van der Waals surface area contributed by atoms with Crippen molar-refractivity contribution in [3.05, 3.63) is 54.1 Å². The van der Waals surface area contributed by atoms with Gasteiger partial charge in [-0.1, -0.05) is 36.4 Å². The normalized spacial score (nSPS) is 25.6. The van der Waals surface area contributed by atoms with Gasteiger partial charge >= 0.3 is 18.1 Å². The molecule has 4 atom stereocenters. The molecule has 3 aliphatic rings. The summed E-state index contributed by atoms with van der Waals surface area (Å²) in [5.74, 6) is -4.08. The van der Waals surface area contributed by atoms with Crippen molar-refractivity contribution in [3.63, 3.8) is 0 Å². The minimum atomic E-state index is -5.08. The van der Waals surface area contributed by atoms with Crippen LogP contribution in [0.4, 0.5) is 13.2 Å². The molecular weight excluding hydrogens is 545 g/mol. The van der Waals surface area contributed by atoms with Crippen LogP contribution in [0.2, 0.25) is 0 Å². The van der Waals surface area contributed by atoms with Gasteiger partial charge < -0.3 is 14.6 Å². The van der Waals surface area contributed by atoms with Crippen molar-refractivity contribution in [1.82, 2.24) is 9.80 Å². The lowest BCUT2D eigenvalue weighted by atomic mass is 9.75. The number of alkyl halides is 3. The van der Waals surface area contributed by atoms with Gasteiger partial charge in [0.1, 0.15) is 11.3 Å². The molecular formula is C29H31F3N2O7. The highest BCUT2D eigenvalue weighted by Crippen LogP contribution is 2.58. The molecule has 2 amide bonds. The summed E-state index contributed by atoms with van der Waals surface area (Å²) < 4.78 is 42.2. The number of imide groups is 1. The van der Waals surface area contributed by atoms with Gasteiger partial charge in [-0.3, -0.25) is 24.2 Å². The van der Waals surface area contributed by atoms with E-state index in [9.17, 15) is 27.6 Å². The molecule has 5 rings (SSSR count). The zero-order chi connectivity index (χ0) is 30.1. The number of carbonyl (C=O) groups is 4. The van der Waals surface area contributed by atoms with Crippen LogP contribution >= 0.6 is 0 Å². The third kappa shape index (κ3) is 5.16. The fourth-order valence-electron chi connectivity index (χ4n) is 6.38. The molecule has 220 valence electrons. The monoisotopic (exact) mass is 576 g/mol. The lowest BCUT2D eigenvalue weighted by Crippen LogP contribution is -2.59. The topological polar surface area (TPSA) is 113 Å². The number of methoxy groups -OCH3 is 2. The Morgan fingerprint density at radius 3 is 2.02 bits per heavy atom. The first-order chi connectivity index (χ1) is 19.4. The quantitative estimate of drug-likeness (QED) is 0.419. The first-order valence-corrected chi connectivity index (χ1v) is 13.2. The van der Waals surface area contributed by atoms with Crippen LogP contribution in [-0.2, 0) is 23.9 Å². The van der Waals surface area contributed by atoms with E-state index in [1.54, 1.807) is 14.0 Å². The molecule has 0 aliphatic carbocycles. The van der Waals surface area contributed by atoms with Crippen LogP contribution in [0.5, 0.6) is 5.75 Å². The van der Waals surface area contributed by atoms with E-state index < -0.39 is 35.5 Å². The molecule has 0 unspecified atom stereocenters. The number of carboxylic acid groups (broad SMARTS) is 1. The van der Waals surface area contributed by atoms with Gasteiger partial charge in [-0.05, 0) is 61.6 Å². The van der Waals surface area contributed by atoms with Crippen LogP contribution in [0.25, 0.3) is 11.1 Å². The number of amides is 2. The fourth-order valence-corrected chi connectivity index (χ4v) is 6.38. The Morgan fingerprint density at radius 1 is 0.976 bits per heavy atom. The first kappa shape index (κ1) is 30.0. The molecule has 3 aliphatic heterocycles. The maximum atomic E-state index is 13.5. The summed E-state index contributed by atoms with van der Waals surface area (Å²) in [5.41, 5.74) is 1.96. The smallest absolute Gasteiger partial charge is 0.490 e. The first-order valence-electron chi connectivity index (χ1n) is 13.2. The summed E-state index contributed by atoms with van der Waals surface area (Å²) in [6, 6.07) is 15.6. The van der Waals surface area contributed by atoms with Crippen LogP contribution in [0, 0.1) is 11.8 Å². The summed E-state index contributed by atoms with van der Waals surface area (Å²) >= 11 is 0. The van der Waals surface area contributed by atoms with E-state index in [0.29, 0.717) is 19.5 Å². The maximum Gasteiger partial charge on any atom is 0.490 e. The lowest BCUT2D eigenvalue weighted by molar-refractivity contribution is -0.192. The number of ether oxygens (including phenoxy) is 2. The number of esters is 1. The number of fused-ring (bicyclic) bond motifs is 3. The average molecular weight is 577 g/mol.